The number of benzene rings is 2. The van der Waals surface area contributed by atoms with Crippen LogP contribution in [0.25, 0.3) is 32.9 Å². The number of nitriles is 1. The summed E-state index contributed by atoms with van der Waals surface area (Å²) < 4.78 is 19.7. The fourth-order valence-electron chi connectivity index (χ4n) is 9.92. The molecule has 4 saturated heterocycles. The zero-order valence-corrected chi connectivity index (χ0v) is 30.2. The zero-order chi connectivity index (χ0) is 35.4. The molecule has 2 saturated carbocycles. The van der Waals surface area contributed by atoms with Crippen LogP contribution in [0.1, 0.15) is 61.1 Å². The summed E-state index contributed by atoms with van der Waals surface area (Å²) in [6, 6.07) is 13.9. The lowest BCUT2D eigenvalue weighted by Crippen LogP contribution is -2.45. The maximum Gasteiger partial charge on any atom is 0.226 e. The maximum absolute atomic E-state index is 17.3. The summed E-state index contributed by atoms with van der Waals surface area (Å²) in [5.74, 6) is 1.13. The van der Waals surface area contributed by atoms with E-state index in [2.05, 4.69) is 41.8 Å². The van der Waals surface area contributed by atoms with Gasteiger partial charge in [0.15, 0.2) is 5.82 Å². The van der Waals surface area contributed by atoms with E-state index in [1.807, 2.05) is 19.1 Å². The average Bonchev–Trinajstić information content (AvgIpc) is 3.43. The summed E-state index contributed by atoms with van der Waals surface area (Å²) in [4.78, 5) is 32.9. The molecule has 5 aromatic rings. The number of piperidine rings is 1. The maximum atomic E-state index is 17.3. The largest absolute Gasteiger partial charge is 0.338 e. The number of aryl methyl sites for hydroxylation is 2. The quantitative estimate of drug-likeness (QED) is 0.184. The number of hydrogen-bond acceptors (Lipinski definition) is 7. The first kappa shape index (κ1) is 32.4. The molecule has 6 aliphatic rings. The topological polar surface area (TPSA) is 103 Å². The number of nitrogens with zero attached hydrogens (tertiary/aromatic N) is 7. The van der Waals surface area contributed by atoms with Crippen LogP contribution in [0.3, 0.4) is 0 Å². The van der Waals surface area contributed by atoms with Crippen molar-refractivity contribution in [2.45, 2.75) is 69.6 Å². The average molecular weight is 736 g/mol. The second-order valence-corrected chi connectivity index (χ2v) is 16.1. The Bertz CT molecular complexity index is 2320. The Hall–Kier alpha value is -4.30. The highest BCUT2D eigenvalue weighted by molar-refractivity contribution is 6.43. The molecule has 1 N–H and O–H groups in total. The van der Waals surface area contributed by atoms with Crippen molar-refractivity contribution in [3.63, 3.8) is 0 Å². The summed E-state index contributed by atoms with van der Waals surface area (Å²) in [6.07, 6.45) is 7.98. The van der Waals surface area contributed by atoms with Gasteiger partial charge in [0.1, 0.15) is 5.52 Å². The second kappa shape index (κ2) is 12.1. The number of rotatable bonds is 7. The van der Waals surface area contributed by atoms with E-state index in [0.29, 0.717) is 51.9 Å². The third kappa shape index (κ3) is 4.82. The highest BCUT2D eigenvalue weighted by Crippen LogP contribution is 2.54. The predicted octanol–water partition coefficient (Wildman–Crippen LogP) is 7.58. The summed E-state index contributed by atoms with van der Waals surface area (Å²) >= 11 is 13.2. The first-order chi connectivity index (χ1) is 25.3. The van der Waals surface area contributed by atoms with Gasteiger partial charge in [0.25, 0.3) is 0 Å². The normalized spacial score (nSPS) is 26.3. The first-order valence-corrected chi connectivity index (χ1v) is 19.1. The lowest BCUT2D eigenvalue weighted by atomic mass is 9.79. The smallest absolute Gasteiger partial charge is 0.226 e. The van der Waals surface area contributed by atoms with Crippen molar-refractivity contribution in [2.24, 2.45) is 17.8 Å². The summed E-state index contributed by atoms with van der Waals surface area (Å²) in [5, 5.41) is 15.7. The van der Waals surface area contributed by atoms with Crippen LogP contribution in [0.4, 0.5) is 10.3 Å². The molecule has 52 heavy (non-hydrogen) atoms. The molecule has 6 fully saturated rings. The molecule has 3 aromatic heterocycles. The van der Waals surface area contributed by atoms with E-state index in [0.717, 1.165) is 61.1 Å². The Balaban J connectivity index is 1.22. The van der Waals surface area contributed by atoms with Crippen molar-refractivity contribution in [1.29, 1.82) is 5.26 Å². The number of carbonyl (C=O) groups excluding carboxylic acids is 1. The fraction of sp³-hybridized carbons (Fsp3) is 0.425. The SMILES string of the molecule is Cc1nc2c(F)c(-c3cccc(Cl)c3Cl)c(CCC#N)cc2c2c1cc(C1C3CC(CN(c4ncccn4)C3)N1C(=O)C1CC1)n2C1C2CNC1C2. The van der Waals surface area contributed by atoms with Crippen molar-refractivity contribution in [3.8, 4) is 17.2 Å². The fourth-order valence-corrected chi connectivity index (χ4v) is 10.3. The predicted molar refractivity (Wildman–Crippen MR) is 199 cm³/mol. The van der Waals surface area contributed by atoms with E-state index < -0.39 is 5.82 Å². The number of aromatic nitrogens is 4. The van der Waals surface area contributed by atoms with E-state index in [4.69, 9.17) is 28.2 Å². The van der Waals surface area contributed by atoms with E-state index in [-0.39, 0.29) is 58.9 Å². The molecule has 6 atom stereocenters. The molecule has 2 aliphatic carbocycles. The van der Waals surface area contributed by atoms with Gasteiger partial charge in [-0.05, 0) is 74.8 Å². The molecule has 4 bridgehead atoms. The minimum absolute atomic E-state index is 0.0411. The van der Waals surface area contributed by atoms with Gasteiger partial charge in [-0.2, -0.15) is 5.26 Å². The molecule has 6 unspecified atom stereocenters. The molecule has 1 amide bonds. The van der Waals surface area contributed by atoms with Crippen molar-refractivity contribution >= 4 is 56.9 Å². The van der Waals surface area contributed by atoms with Crippen LogP contribution in [0.15, 0.2) is 48.8 Å². The van der Waals surface area contributed by atoms with Gasteiger partial charge in [0.2, 0.25) is 11.9 Å². The van der Waals surface area contributed by atoms with Crippen LogP contribution in [0, 0.1) is 41.8 Å². The van der Waals surface area contributed by atoms with Crippen molar-refractivity contribution in [3.05, 3.63) is 81.6 Å². The van der Waals surface area contributed by atoms with Crippen molar-refractivity contribution in [2.75, 3.05) is 24.5 Å². The van der Waals surface area contributed by atoms with Crippen LogP contribution in [-0.2, 0) is 11.2 Å². The van der Waals surface area contributed by atoms with Gasteiger partial charge in [0.05, 0.1) is 39.8 Å². The lowest BCUT2D eigenvalue weighted by Gasteiger charge is -2.40. The third-order valence-electron chi connectivity index (χ3n) is 12.4. The van der Waals surface area contributed by atoms with E-state index in [1.54, 1.807) is 30.6 Å². The van der Waals surface area contributed by atoms with Gasteiger partial charge in [-0.25, -0.2) is 19.3 Å². The Morgan fingerprint density at radius 3 is 2.63 bits per heavy atom. The molecular weight excluding hydrogens is 698 g/mol. The number of hydrogen-bond donors (Lipinski definition) is 1. The highest BCUT2D eigenvalue weighted by atomic mass is 35.5. The summed E-state index contributed by atoms with van der Waals surface area (Å²) in [5.41, 5.74) is 4.56. The van der Waals surface area contributed by atoms with Gasteiger partial charge in [-0.15, -0.1) is 0 Å². The number of nitrogens with one attached hydrogen (secondary N) is 1. The van der Waals surface area contributed by atoms with Gasteiger partial charge in [-0.3, -0.25) is 4.79 Å². The minimum Gasteiger partial charge on any atom is -0.338 e. The van der Waals surface area contributed by atoms with Crippen LogP contribution in [0.2, 0.25) is 10.0 Å². The summed E-state index contributed by atoms with van der Waals surface area (Å²) in [7, 11) is 0. The number of carbonyl (C=O) groups is 1. The number of likely N-dealkylation sites (tertiary alicyclic amines) is 1. The van der Waals surface area contributed by atoms with Gasteiger partial charge >= 0.3 is 0 Å². The molecule has 11 rings (SSSR count). The molecule has 4 aliphatic heterocycles. The number of pyridine rings is 1. The molecule has 9 nitrogen and oxygen atoms in total. The molecule has 2 aromatic carbocycles. The number of anilines is 1. The molecular formula is C40H37Cl2FN8O. The Morgan fingerprint density at radius 1 is 1.08 bits per heavy atom. The van der Waals surface area contributed by atoms with Crippen LogP contribution in [-0.4, -0.2) is 62.0 Å². The number of halogens is 3. The van der Waals surface area contributed by atoms with Gasteiger partial charge in [-0.1, -0.05) is 35.3 Å². The second-order valence-electron chi connectivity index (χ2n) is 15.3. The zero-order valence-electron chi connectivity index (χ0n) is 28.7. The van der Waals surface area contributed by atoms with Crippen LogP contribution in [0.5, 0.6) is 0 Å². The summed E-state index contributed by atoms with van der Waals surface area (Å²) in [6.45, 7) is 4.31. The van der Waals surface area contributed by atoms with Crippen molar-refractivity contribution in [1.82, 2.24) is 29.7 Å². The lowest BCUT2D eigenvalue weighted by molar-refractivity contribution is -0.135. The Morgan fingerprint density at radius 2 is 1.90 bits per heavy atom. The van der Waals surface area contributed by atoms with Gasteiger partial charge < -0.3 is 19.7 Å². The number of amides is 1. The highest BCUT2D eigenvalue weighted by Gasteiger charge is 2.55. The van der Waals surface area contributed by atoms with E-state index in [9.17, 15) is 10.1 Å². The van der Waals surface area contributed by atoms with E-state index >= 15 is 4.39 Å². The standard InChI is InChI=1S/C40H37Cl2FN8O/c1-20-27-16-31(37-24-13-25(50(37)39(52)21-8-9-21)19-49(18-24)40-45-11-4-12-46-40)51(36-23-15-30(36)47-17-23)38(27)28-14-22(5-3-10-44)32(34(43)35(28)48-20)26-6-2-7-29(41)33(26)42/h2,4,6-7,11-12,14,16,21,23-25,30,36-37,47H,3,5,8-9,13,15,17-19H2,1H3. The monoisotopic (exact) mass is 734 g/mol. The molecule has 12 heteroatoms. The number of fused-ring (bicyclic) bond motifs is 6. The molecule has 7 heterocycles. The molecule has 0 radical (unpaired) electrons. The van der Waals surface area contributed by atoms with Crippen molar-refractivity contribution < 1.29 is 9.18 Å². The first-order valence-electron chi connectivity index (χ1n) is 18.4. The van der Waals surface area contributed by atoms with Crippen LogP contribution >= 0.6 is 23.2 Å². The Labute approximate surface area is 310 Å². The third-order valence-corrected chi connectivity index (χ3v) is 13.2. The minimum atomic E-state index is -0.468. The van der Waals surface area contributed by atoms with Crippen LogP contribution < -0.4 is 10.2 Å². The molecule has 0 spiro atoms. The van der Waals surface area contributed by atoms with E-state index in [1.165, 1.54) is 0 Å². The molecule has 264 valence electrons. The van der Waals surface area contributed by atoms with Gasteiger partial charge in [0, 0.05) is 89.6 Å². The Kier molecular flexibility index (Phi) is 7.54.